The molecule has 0 spiro atoms. The first-order valence-electron chi connectivity index (χ1n) is 4.71. The van der Waals surface area contributed by atoms with E-state index in [1.54, 1.807) is 12.1 Å². The minimum atomic E-state index is -1.06. The van der Waals surface area contributed by atoms with Gasteiger partial charge in [0.2, 0.25) is 5.76 Å². The highest BCUT2D eigenvalue weighted by molar-refractivity contribution is 6.30. The fourth-order valence-electron chi connectivity index (χ4n) is 1.44. The number of hydrogen-bond donors (Lipinski definition) is 1. The molecule has 1 aromatic carbocycles. The van der Waals surface area contributed by atoms with Gasteiger partial charge in [-0.3, -0.25) is 0 Å². The van der Waals surface area contributed by atoms with Gasteiger partial charge in [-0.1, -0.05) is 23.7 Å². The van der Waals surface area contributed by atoms with Crippen LogP contribution in [0.4, 0.5) is 0 Å². The quantitative estimate of drug-likeness (QED) is 0.890. The van der Waals surface area contributed by atoms with Crippen LogP contribution in [-0.2, 0) is 6.42 Å². The van der Waals surface area contributed by atoms with E-state index < -0.39 is 5.97 Å². The molecule has 0 aliphatic rings. The first-order chi connectivity index (χ1) is 7.65. The Morgan fingerprint density at radius 3 is 2.75 bits per heavy atom. The minimum Gasteiger partial charge on any atom is -0.475 e. The lowest BCUT2D eigenvalue weighted by atomic mass is 10.1. The molecule has 0 saturated heterocycles. The zero-order valence-corrected chi connectivity index (χ0v) is 9.07. The van der Waals surface area contributed by atoms with Crippen molar-refractivity contribution in [3.05, 3.63) is 58.5 Å². The van der Waals surface area contributed by atoms with Gasteiger partial charge in [-0.25, -0.2) is 4.79 Å². The van der Waals surface area contributed by atoms with E-state index in [0.29, 0.717) is 17.2 Å². The highest BCUT2D eigenvalue weighted by Crippen LogP contribution is 2.16. The number of carbonyl (C=O) groups is 1. The molecule has 1 aromatic heterocycles. The Morgan fingerprint density at radius 2 is 2.12 bits per heavy atom. The predicted octanol–water partition coefficient (Wildman–Crippen LogP) is 3.22. The van der Waals surface area contributed by atoms with Crippen LogP contribution in [-0.4, -0.2) is 11.1 Å². The minimum absolute atomic E-state index is 0.0444. The van der Waals surface area contributed by atoms with Crippen molar-refractivity contribution in [1.29, 1.82) is 0 Å². The van der Waals surface area contributed by atoms with Crippen molar-refractivity contribution in [3.8, 4) is 0 Å². The average molecular weight is 237 g/mol. The number of aromatic carboxylic acids is 1. The molecule has 82 valence electrons. The second kappa shape index (κ2) is 4.41. The lowest BCUT2D eigenvalue weighted by molar-refractivity contribution is 0.0660. The van der Waals surface area contributed by atoms with Crippen molar-refractivity contribution in [2.75, 3.05) is 0 Å². The summed E-state index contributed by atoms with van der Waals surface area (Å²) in [4.78, 5) is 10.6. The molecule has 16 heavy (non-hydrogen) atoms. The molecule has 3 nitrogen and oxygen atoms in total. The Kier molecular flexibility index (Phi) is 2.97. The molecule has 2 aromatic rings. The molecule has 0 atom stereocenters. The van der Waals surface area contributed by atoms with Crippen LogP contribution >= 0.6 is 11.6 Å². The summed E-state index contributed by atoms with van der Waals surface area (Å²) in [6.45, 7) is 0. The summed E-state index contributed by atoms with van der Waals surface area (Å²) in [5.41, 5.74) is 0.985. The Labute approximate surface area is 97.3 Å². The predicted molar refractivity (Wildman–Crippen MR) is 59.9 cm³/mol. The summed E-state index contributed by atoms with van der Waals surface area (Å²) in [5.74, 6) is -0.492. The number of carboxylic acids is 1. The third-order valence-electron chi connectivity index (χ3n) is 2.14. The van der Waals surface area contributed by atoms with Gasteiger partial charge in [0, 0.05) is 11.4 Å². The van der Waals surface area contributed by atoms with E-state index in [1.807, 2.05) is 18.2 Å². The number of furan rings is 1. The number of hydrogen-bond acceptors (Lipinski definition) is 2. The third-order valence-corrected chi connectivity index (χ3v) is 2.37. The highest BCUT2D eigenvalue weighted by atomic mass is 35.5. The average Bonchev–Trinajstić information content (AvgIpc) is 2.66. The first-order valence-corrected chi connectivity index (χ1v) is 5.09. The molecule has 4 heteroatoms. The fraction of sp³-hybridized carbons (Fsp3) is 0.0833. The van der Waals surface area contributed by atoms with Gasteiger partial charge in [-0.15, -0.1) is 0 Å². The second-order valence-electron chi connectivity index (χ2n) is 3.38. The molecule has 1 heterocycles. The Morgan fingerprint density at radius 1 is 1.31 bits per heavy atom. The molecule has 0 radical (unpaired) electrons. The van der Waals surface area contributed by atoms with E-state index in [2.05, 4.69) is 0 Å². The summed E-state index contributed by atoms with van der Waals surface area (Å²) in [6, 6.07) is 10.5. The van der Waals surface area contributed by atoms with E-state index in [9.17, 15) is 4.79 Å². The van der Waals surface area contributed by atoms with Crippen molar-refractivity contribution < 1.29 is 14.3 Å². The van der Waals surface area contributed by atoms with Gasteiger partial charge in [0.15, 0.2) is 0 Å². The number of carboxylic acid groups (broad SMARTS) is 1. The Bertz CT molecular complexity index is 516. The van der Waals surface area contributed by atoms with Crippen molar-refractivity contribution in [1.82, 2.24) is 0 Å². The van der Waals surface area contributed by atoms with E-state index in [-0.39, 0.29) is 5.76 Å². The summed E-state index contributed by atoms with van der Waals surface area (Å²) in [6.07, 6.45) is 0.536. The molecule has 0 aliphatic carbocycles. The van der Waals surface area contributed by atoms with Crippen LogP contribution in [0.25, 0.3) is 0 Å². The van der Waals surface area contributed by atoms with Gasteiger partial charge >= 0.3 is 5.97 Å². The molecule has 2 rings (SSSR count). The fourth-order valence-corrected chi connectivity index (χ4v) is 1.65. The maximum absolute atomic E-state index is 10.6. The van der Waals surface area contributed by atoms with Crippen LogP contribution in [0.1, 0.15) is 21.9 Å². The molecular formula is C12H9ClO3. The topological polar surface area (TPSA) is 50.4 Å². The normalized spacial score (nSPS) is 10.3. The lowest BCUT2D eigenvalue weighted by Gasteiger charge is -1.98. The monoisotopic (exact) mass is 236 g/mol. The highest BCUT2D eigenvalue weighted by Gasteiger charge is 2.09. The van der Waals surface area contributed by atoms with Crippen molar-refractivity contribution in [3.63, 3.8) is 0 Å². The lowest BCUT2D eigenvalue weighted by Crippen LogP contribution is -1.92. The third kappa shape index (κ3) is 2.44. The molecule has 0 bridgehead atoms. The van der Waals surface area contributed by atoms with E-state index in [0.717, 1.165) is 5.56 Å². The molecule has 0 amide bonds. The van der Waals surface area contributed by atoms with Gasteiger partial charge in [0.05, 0.1) is 0 Å². The van der Waals surface area contributed by atoms with Crippen LogP contribution < -0.4 is 0 Å². The molecule has 0 fully saturated rings. The zero-order chi connectivity index (χ0) is 11.5. The SMILES string of the molecule is O=C(O)c1ccc(Cc2cccc(Cl)c2)o1. The number of rotatable bonds is 3. The van der Waals surface area contributed by atoms with Gasteiger partial charge in [-0.2, -0.15) is 0 Å². The maximum atomic E-state index is 10.6. The Balaban J connectivity index is 2.17. The zero-order valence-electron chi connectivity index (χ0n) is 8.31. The largest absolute Gasteiger partial charge is 0.475 e. The van der Waals surface area contributed by atoms with Crippen molar-refractivity contribution in [2.24, 2.45) is 0 Å². The summed E-state index contributed by atoms with van der Waals surface area (Å²) >= 11 is 5.84. The molecule has 0 saturated carbocycles. The van der Waals surface area contributed by atoms with Gasteiger partial charge in [0.1, 0.15) is 5.76 Å². The molecule has 1 N–H and O–H groups in total. The Hall–Kier alpha value is -1.74. The van der Waals surface area contributed by atoms with Gasteiger partial charge in [-0.05, 0) is 29.8 Å². The maximum Gasteiger partial charge on any atom is 0.371 e. The van der Waals surface area contributed by atoms with Crippen LogP contribution in [0.5, 0.6) is 0 Å². The number of benzene rings is 1. The van der Waals surface area contributed by atoms with E-state index in [1.165, 1.54) is 6.07 Å². The van der Waals surface area contributed by atoms with Crippen LogP contribution in [0.3, 0.4) is 0 Å². The summed E-state index contributed by atoms with van der Waals surface area (Å²) in [5, 5.41) is 9.35. The summed E-state index contributed by atoms with van der Waals surface area (Å²) in [7, 11) is 0. The summed E-state index contributed by atoms with van der Waals surface area (Å²) < 4.78 is 5.15. The number of halogens is 1. The smallest absolute Gasteiger partial charge is 0.371 e. The molecule has 0 unspecified atom stereocenters. The van der Waals surface area contributed by atoms with Crippen LogP contribution in [0.2, 0.25) is 5.02 Å². The van der Waals surface area contributed by atoms with Crippen LogP contribution in [0, 0.1) is 0 Å². The van der Waals surface area contributed by atoms with Gasteiger partial charge < -0.3 is 9.52 Å². The van der Waals surface area contributed by atoms with Crippen molar-refractivity contribution >= 4 is 17.6 Å². The standard InChI is InChI=1S/C12H9ClO3/c13-9-3-1-2-8(6-9)7-10-4-5-11(16-10)12(14)15/h1-6H,7H2,(H,14,15). The van der Waals surface area contributed by atoms with E-state index in [4.69, 9.17) is 21.1 Å². The molecular weight excluding hydrogens is 228 g/mol. The first kappa shape index (κ1) is 10.8. The van der Waals surface area contributed by atoms with Crippen molar-refractivity contribution in [2.45, 2.75) is 6.42 Å². The van der Waals surface area contributed by atoms with Gasteiger partial charge in [0.25, 0.3) is 0 Å². The van der Waals surface area contributed by atoms with E-state index >= 15 is 0 Å². The van der Waals surface area contributed by atoms with Crippen LogP contribution in [0.15, 0.2) is 40.8 Å². The second-order valence-corrected chi connectivity index (χ2v) is 3.81. The molecule has 0 aliphatic heterocycles.